The van der Waals surface area contributed by atoms with Gasteiger partial charge in [-0.2, -0.15) is 0 Å². The van der Waals surface area contributed by atoms with E-state index in [1.165, 1.54) is 281 Å². The molecule has 0 bridgehead atoms. The van der Waals surface area contributed by atoms with Crippen molar-refractivity contribution in [3.8, 4) is 28.7 Å². The van der Waals surface area contributed by atoms with Crippen LogP contribution < -0.4 is 28.6 Å². The molecular weight excluding hydrogens is 1110 g/mol. The molecule has 3 aromatic carbocycles. The topological polar surface area (TPSA) is 75.7 Å². The third-order valence-electron chi connectivity index (χ3n) is 19.7. The Morgan fingerprint density at radius 3 is 1.17 bits per heavy atom. The SMILES string of the molecule is CCCCCCCCCCCCCCCCCCOc1cc(C(=O)OCCOc2ccc3c(c2)C=CC2(O3)N(C)c3ccccc3C2(C)C)cc(OCCCCCCCCCCCCCCCCCC)c1OCCCCCCCCCCCCCCCCCC. The van der Waals surface area contributed by atoms with E-state index >= 15 is 0 Å². The van der Waals surface area contributed by atoms with Gasteiger partial charge in [0.2, 0.25) is 11.5 Å². The molecule has 0 aliphatic carbocycles. The Bertz CT molecular complexity index is 2250. The number of likely N-dealkylation sites (N-methyl/N-ethyl adjacent to an activating group) is 1. The number of nitrogens with zero attached hydrogens (tertiary/aromatic N) is 1. The van der Waals surface area contributed by atoms with Gasteiger partial charge in [-0.05, 0) is 87.2 Å². The van der Waals surface area contributed by atoms with E-state index in [1.807, 2.05) is 30.3 Å². The molecule has 2 heterocycles. The second kappa shape index (κ2) is 48.4. The third kappa shape index (κ3) is 29.3. The van der Waals surface area contributed by atoms with Crippen LogP contribution in [0.25, 0.3) is 6.08 Å². The molecule has 0 saturated heterocycles. The number of rotatable bonds is 59. The molecule has 2 aliphatic heterocycles. The van der Waals surface area contributed by atoms with E-state index in [2.05, 4.69) is 83.0 Å². The number of hydrogen-bond donors (Lipinski definition) is 0. The summed E-state index contributed by atoms with van der Waals surface area (Å²) < 4.78 is 39.1. The Balaban J connectivity index is 1.13. The predicted octanol–water partition coefficient (Wildman–Crippen LogP) is 25.4. The number of benzene rings is 3. The molecule has 0 amide bonds. The highest BCUT2D eigenvalue weighted by atomic mass is 16.6. The average molecular weight is 1250 g/mol. The van der Waals surface area contributed by atoms with E-state index < -0.39 is 11.7 Å². The Labute approximate surface area is 553 Å². The first kappa shape index (κ1) is 76.4. The summed E-state index contributed by atoms with van der Waals surface area (Å²) in [6.45, 7) is 13.4. The van der Waals surface area contributed by atoms with Crippen LogP contribution in [0, 0.1) is 0 Å². The Hall–Kier alpha value is -4.33. The van der Waals surface area contributed by atoms with E-state index in [1.54, 1.807) is 0 Å². The highest BCUT2D eigenvalue weighted by molar-refractivity contribution is 5.91. The van der Waals surface area contributed by atoms with Gasteiger partial charge in [0.1, 0.15) is 24.7 Å². The van der Waals surface area contributed by atoms with Crippen molar-refractivity contribution in [3.05, 3.63) is 77.4 Å². The molecule has 8 heteroatoms. The lowest BCUT2D eigenvalue weighted by Gasteiger charge is -2.45. The van der Waals surface area contributed by atoms with Crippen molar-refractivity contribution in [1.29, 1.82) is 0 Å². The van der Waals surface area contributed by atoms with Crippen LogP contribution in [0.2, 0.25) is 0 Å². The lowest BCUT2D eigenvalue weighted by Crippen LogP contribution is -2.58. The number of anilines is 1. The fraction of sp³-hybridized carbons (Fsp3) is 0.744. The summed E-state index contributed by atoms with van der Waals surface area (Å²) in [7, 11) is 2.11. The minimum absolute atomic E-state index is 0.0882. The molecule has 0 fully saturated rings. The number of ether oxygens (including phenoxy) is 6. The number of unbranched alkanes of at least 4 members (excludes halogenated alkanes) is 45. The third-order valence-corrected chi connectivity index (χ3v) is 19.7. The molecule has 1 spiro atoms. The van der Waals surface area contributed by atoms with E-state index in [0.29, 0.717) is 48.4 Å². The number of fused-ring (bicyclic) bond motifs is 2. The van der Waals surface area contributed by atoms with Gasteiger partial charge in [0.05, 0.1) is 30.8 Å². The molecule has 90 heavy (non-hydrogen) atoms. The Kier molecular flexibility index (Phi) is 41.1. The van der Waals surface area contributed by atoms with Crippen molar-refractivity contribution in [2.24, 2.45) is 0 Å². The van der Waals surface area contributed by atoms with Crippen LogP contribution >= 0.6 is 0 Å². The monoisotopic (exact) mass is 1250 g/mol. The van der Waals surface area contributed by atoms with Gasteiger partial charge in [-0.3, -0.25) is 0 Å². The highest BCUT2D eigenvalue weighted by Gasteiger charge is 2.57. The quantitative estimate of drug-likeness (QED) is 0.0409. The summed E-state index contributed by atoms with van der Waals surface area (Å²) in [5, 5.41) is 0. The minimum atomic E-state index is -0.650. The summed E-state index contributed by atoms with van der Waals surface area (Å²) in [4.78, 5) is 16.3. The fourth-order valence-corrected chi connectivity index (χ4v) is 13.8. The van der Waals surface area contributed by atoms with Gasteiger partial charge in [0.25, 0.3) is 0 Å². The van der Waals surface area contributed by atoms with Crippen molar-refractivity contribution < 1.29 is 33.2 Å². The molecule has 1 atom stereocenters. The van der Waals surface area contributed by atoms with Crippen molar-refractivity contribution in [3.63, 3.8) is 0 Å². The van der Waals surface area contributed by atoms with Crippen molar-refractivity contribution in [2.75, 3.05) is 45.0 Å². The number of carbonyl (C=O) groups excluding carboxylic acids is 1. The molecule has 8 nitrogen and oxygen atoms in total. The lowest BCUT2D eigenvalue weighted by molar-refractivity contribution is 0.0448. The highest BCUT2D eigenvalue weighted by Crippen LogP contribution is 2.54. The van der Waals surface area contributed by atoms with E-state index in [4.69, 9.17) is 28.4 Å². The molecular formula is C82H135NO7. The maximum atomic E-state index is 14.1. The standard InChI is InChI=1S/C82H135NO7/c1-7-10-13-16-19-22-25-28-31-34-37-40-43-46-49-54-63-86-77-69-72(80(84)89-67-66-85-73-59-60-76-71(68-73)61-62-82(90-76)81(4,5)74-57-52-53-58-75(74)83(82)6)70-78(87-64-55-50-47-44-41-38-35-32-29-26-23-20-17-14-11-8-2)79(77)88-65-56-51-48-45-42-39-36-33-30-27-24-21-18-15-12-9-3/h52-53,57-62,68-70H,7-51,54-56,63-67H2,1-6H3. The van der Waals surface area contributed by atoms with Crippen LogP contribution in [0.3, 0.4) is 0 Å². The molecule has 0 saturated carbocycles. The summed E-state index contributed by atoms with van der Waals surface area (Å²) >= 11 is 0. The van der Waals surface area contributed by atoms with Crippen molar-refractivity contribution in [1.82, 2.24) is 0 Å². The van der Waals surface area contributed by atoms with Crippen LogP contribution in [0.1, 0.15) is 364 Å². The van der Waals surface area contributed by atoms with Gasteiger partial charge < -0.3 is 33.3 Å². The zero-order chi connectivity index (χ0) is 63.8. The van der Waals surface area contributed by atoms with E-state index in [9.17, 15) is 4.79 Å². The van der Waals surface area contributed by atoms with Gasteiger partial charge in [-0.1, -0.05) is 328 Å². The molecule has 0 N–H and O–H groups in total. The first-order chi connectivity index (χ1) is 44.3. The second-order valence-corrected chi connectivity index (χ2v) is 27.8. The number of carbonyl (C=O) groups is 1. The maximum Gasteiger partial charge on any atom is 0.338 e. The largest absolute Gasteiger partial charge is 0.490 e. The van der Waals surface area contributed by atoms with Crippen molar-refractivity contribution >= 4 is 17.7 Å². The van der Waals surface area contributed by atoms with Crippen LogP contribution in [-0.4, -0.2) is 51.8 Å². The zero-order valence-electron chi connectivity index (χ0n) is 59.1. The molecule has 2 aliphatic rings. The van der Waals surface area contributed by atoms with E-state index in [-0.39, 0.29) is 18.6 Å². The second-order valence-electron chi connectivity index (χ2n) is 27.8. The molecule has 0 aromatic heterocycles. The van der Waals surface area contributed by atoms with Gasteiger partial charge in [0.15, 0.2) is 11.5 Å². The van der Waals surface area contributed by atoms with Crippen LogP contribution in [0.4, 0.5) is 5.69 Å². The average Bonchev–Trinajstić information content (AvgIpc) is 1.54. The Morgan fingerprint density at radius 1 is 0.411 bits per heavy atom. The molecule has 510 valence electrons. The van der Waals surface area contributed by atoms with Crippen LogP contribution in [-0.2, 0) is 10.2 Å². The van der Waals surface area contributed by atoms with E-state index in [0.717, 1.165) is 49.8 Å². The summed E-state index contributed by atoms with van der Waals surface area (Å²) in [5.41, 5.74) is 2.87. The molecule has 1 unspecified atom stereocenters. The van der Waals surface area contributed by atoms with Gasteiger partial charge >= 0.3 is 5.97 Å². The Morgan fingerprint density at radius 2 is 0.778 bits per heavy atom. The number of hydrogen-bond acceptors (Lipinski definition) is 8. The predicted molar refractivity (Wildman–Crippen MR) is 384 cm³/mol. The minimum Gasteiger partial charge on any atom is -0.490 e. The number of para-hydroxylation sites is 1. The van der Waals surface area contributed by atoms with Crippen LogP contribution in [0.5, 0.6) is 28.7 Å². The van der Waals surface area contributed by atoms with Crippen LogP contribution in [0.15, 0.2) is 60.7 Å². The van der Waals surface area contributed by atoms with Gasteiger partial charge in [0, 0.05) is 18.3 Å². The fourth-order valence-electron chi connectivity index (χ4n) is 13.8. The normalized spacial score (nSPS) is 14.7. The first-order valence-electron chi connectivity index (χ1n) is 38.5. The molecule has 0 radical (unpaired) electrons. The van der Waals surface area contributed by atoms with Gasteiger partial charge in [-0.25, -0.2) is 4.79 Å². The first-order valence-corrected chi connectivity index (χ1v) is 38.5. The number of esters is 1. The maximum absolute atomic E-state index is 14.1. The summed E-state index contributed by atoms with van der Waals surface area (Å²) in [6, 6.07) is 18.1. The van der Waals surface area contributed by atoms with Crippen molar-refractivity contribution in [2.45, 2.75) is 354 Å². The lowest BCUT2D eigenvalue weighted by atomic mass is 9.76. The molecule has 3 aromatic rings. The summed E-state index contributed by atoms with van der Waals surface area (Å²) in [5.74, 6) is 2.83. The smallest absolute Gasteiger partial charge is 0.338 e. The van der Waals surface area contributed by atoms with Gasteiger partial charge in [-0.15, -0.1) is 0 Å². The zero-order valence-corrected chi connectivity index (χ0v) is 59.1. The summed E-state index contributed by atoms with van der Waals surface area (Å²) in [6.07, 6.45) is 68.0. The molecule has 5 rings (SSSR count).